The van der Waals surface area contributed by atoms with Gasteiger partial charge in [-0.05, 0) is 25.0 Å². The maximum Gasteiger partial charge on any atom is 0.418 e. The average Bonchev–Trinajstić information content (AvgIpc) is 2.83. The van der Waals surface area contributed by atoms with Crippen LogP contribution in [0.15, 0.2) is 18.2 Å². The second kappa shape index (κ2) is 4.64. The van der Waals surface area contributed by atoms with Crippen LogP contribution >= 0.6 is 0 Å². The SMILES string of the molecule is CN1CC2(CCCC2)C(=O)Nc2cccc(C(F)(F)F)c21. The molecule has 1 aromatic carbocycles. The smallest absolute Gasteiger partial charge is 0.371 e. The van der Waals surface area contributed by atoms with Crippen LogP contribution in [0.2, 0.25) is 0 Å². The molecule has 1 saturated carbocycles. The van der Waals surface area contributed by atoms with Gasteiger partial charge in [0.05, 0.1) is 22.4 Å². The van der Waals surface area contributed by atoms with Gasteiger partial charge in [0.15, 0.2) is 0 Å². The molecular formula is C15H17F3N2O. The van der Waals surface area contributed by atoms with E-state index < -0.39 is 17.2 Å². The molecule has 1 aliphatic heterocycles. The Kier molecular flexibility index (Phi) is 3.15. The lowest BCUT2D eigenvalue weighted by atomic mass is 9.85. The van der Waals surface area contributed by atoms with Crippen molar-refractivity contribution >= 4 is 17.3 Å². The maximum atomic E-state index is 13.2. The first-order chi connectivity index (χ1) is 9.83. The Morgan fingerprint density at radius 1 is 1.24 bits per heavy atom. The van der Waals surface area contributed by atoms with E-state index in [0.717, 1.165) is 31.7 Å². The lowest BCUT2D eigenvalue weighted by Crippen LogP contribution is -2.40. The first-order valence-corrected chi connectivity index (χ1v) is 7.06. The van der Waals surface area contributed by atoms with Crippen LogP contribution in [0.3, 0.4) is 0 Å². The van der Waals surface area contributed by atoms with Gasteiger partial charge in [-0.15, -0.1) is 0 Å². The Bertz CT molecular complexity index is 577. The fourth-order valence-electron chi connectivity index (χ4n) is 3.58. The molecule has 1 spiro atoms. The lowest BCUT2D eigenvalue weighted by molar-refractivity contribution is -0.137. The molecule has 0 atom stereocenters. The summed E-state index contributed by atoms with van der Waals surface area (Å²) in [6.07, 6.45) is -1.07. The summed E-state index contributed by atoms with van der Waals surface area (Å²) in [5, 5.41) is 2.72. The van der Waals surface area contributed by atoms with Gasteiger partial charge in [-0.25, -0.2) is 0 Å². The van der Waals surface area contributed by atoms with Gasteiger partial charge in [0.2, 0.25) is 5.91 Å². The number of rotatable bonds is 0. The van der Waals surface area contributed by atoms with Gasteiger partial charge in [0.25, 0.3) is 0 Å². The van der Waals surface area contributed by atoms with Crippen LogP contribution in [0.4, 0.5) is 24.5 Å². The molecule has 3 nitrogen and oxygen atoms in total. The largest absolute Gasteiger partial charge is 0.418 e. The average molecular weight is 298 g/mol. The fraction of sp³-hybridized carbons (Fsp3) is 0.533. The zero-order chi connectivity index (χ0) is 15.3. The second-order valence-corrected chi connectivity index (χ2v) is 6.00. The highest BCUT2D eigenvalue weighted by Gasteiger charge is 2.46. The van der Waals surface area contributed by atoms with Gasteiger partial charge in [0, 0.05) is 13.6 Å². The van der Waals surface area contributed by atoms with E-state index in [-0.39, 0.29) is 17.3 Å². The van der Waals surface area contributed by atoms with Crippen LogP contribution in [0.25, 0.3) is 0 Å². The van der Waals surface area contributed by atoms with E-state index >= 15 is 0 Å². The second-order valence-electron chi connectivity index (χ2n) is 6.00. The third-order valence-corrected chi connectivity index (χ3v) is 4.55. The van der Waals surface area contributed by atoms with E-state index in [1.54, 1.807) is 11.9 Å². The molecule has 6 heteroatoms. The summed E-state index contributed by atoms with van der Waals surface area (Å²) in [5.41, 5.74) is -0.933. The minimum absolute atomic E-state index is 0.0714. The molecule has 0 aromatic heterocycles. The zero-order valence-corrected chi connectivity index (χ0v) is 11.8. The van der Waals surface area contributed by atoms with Crippen LogP contribution in [-0.2, 0) is 11.0 Å². The summed E-state index contributed by atoms with van der Waals surface area (Å²) >= 11 is 0. The van der Waals surface area contributed by atoms with Crippen molar-refractivity contribution in [2.45, 2.75) is 31.9 Å². The van der Waals surface area contributed by atoms with Crippen molar-refractivity contribution in [1.82, 2.24) is 0 Å². The lowest BCUT2D eigenvalue weighted by Gasteiger charge is -2.30. The van der Waals surface area contributed by atoms with Crippen LogP contribution in [0, 0.1) is 5.41 Å². The molecular weight excluding hydrogens is 281 g/mol. The van der Waals surface area contributed by atoms with Crippen LogP contribution < -0.4 is 10.2 Å². The number of nitrogens with zero attached hydrogens (tertiary/aromatic N) is 1. The zero-order valence-electron chi connectivity index (χ0n) is 11.8. The number of hydrogen-bond donors (Lipinski definition) is 1. The summed E-state index contributed by atoms with van der Waals surface area (Å²) in [6, 6.07) is 3.93. The van der Waals surface area contributed by atoms with Crippen molar-refractivity contribution in [2.24, 2.45) is 5.41 Å². The highest BCUT2D eigenvalue weighted by atomic mass is 19.4. The Morgan fingerprint density at radius 2 is 1.90 bits per heavy atom. The first kappa shape index (κ1) is 14.2. The minimum atomic E-state index is -4.43. The molecule has 114 valence electrons. The number of carbonyl (C=O) groups is 1. The van der Waals surface area contributed by atoms with Crippen molar-refractivity contribution in [1.29, 1.82) is 0 Å². The number of amides is 1. The minimum Gasteiger partial charge on any atom is -0.371 e. The Hall–Kier alpha value is -1.72. The number of halogens is 3. The molecule has 3 rings (SSSR count). The van der Waals surface area contributed by atoms with Crippen molar-refractivity contribution in [2.75, 3.05) is 23.8 Å². The molecule has 1 amide bonds. The van der Waals surface area contributed by atoms with Gasteiger partial charge < -0.3 is 10.2 Å². The van der Waals surface area contributed by atoms with Crippen LogP contribution in [0.1, 0.15) is 31.2 Å². The van der Waals surface area contributed by atoms with Gasteiger partial charge in [-0.3, -0.25) is 4.79 Å². The molecule has 1 fully saturated rings. The summed E-state index contributed by atoms with van der Waals surface area (Å²) in [4.78, 5) is 14.1. The van der Waals surface area contributed by atoms with E-state index in [1.807, 2.05) is 0 Å². The van der Waals surface area contributed by atoms with Gasteiger partial charge in [-0.1, -0.05) is 18.9 Å². The highest BCUT2D eigenvalue weighted by Crippen LogP contribution is 2.47. The molecule has 0 unspecified atom stereocenters. The standard InChI is InChI=1S/C15H17F3N2O/c1-20-9-14(7-2-3-8-14)13(21)19-11-6-4-5-10(12(11)20)15(16,17)18/h4-6H,2-3,7-9H2,1H3,(H,19,21). The number of benzene rings is 1. The number of nitrogens with one attached hydrogen (secondary N) is 1. The molecule has 1 aromatic rings. The van der Waals surface area contributed by atoms with E-state index in [9.17, 15) is 18.0 Å². The fourth-order valence-corrected chi connectivity index (χ4v) is 3.58. The topological polar surface area (TPSA) is 32.3 Å². The van der Waals surface area contributed by atoms with E-state index in [4.69, 9.17) is 0 Å². The summed E-state index contributed by atoms with van der Waals surface area (Å²) in [6.45, 7) is 0.332. The Labute approximate surface area is 121 Å². The predicted octanol–water partition coefficient (Wildman–Crippen LogP) is 3.65. The van der Waals surface area contributed by atoms with Crippen LogP contribution in [-0.4, -0.2) is 19.5 Å². The molecule has 21 heavy (non-hydrogen) atoms. The van der Waals surface area contributed by atoms with E-state index in [1.165, 1.54) is 12.1 Å². The highest BCUT2D eigenvalue weighted by molar-refractivity contribution is 6.00. The molecule has 0 bridgehead atoms. The van der Waals surface area contributed by atoms with Crippen LogP contribution in [0.5, 0.6) is 0 Å². The quantitative estimate of drug-likeness (QED) is 0.793. The third kappa shape index (κ3) is 2.26. The summed E-state index contributed by atoms with van der Waals surface area (Å²) in [7, 11) is 1.63. The summed E-state index contributed by atoms with van der Waals surface area (Å²) < 4.78 is 39.6. The van der Waals surface area contributed by atoms with Gasteiger partial charge >= 0.3 is 6.18 Å². The van der Waals surface area contributed by atoms with E-state index in [0.29, 0.717) is 6.54 Å². The number of anilines is 2. The molecule has 1 heterocycles. The third-order valence-electron chi connectivity index (χ3n) is 4.55. The molecule has 2 aliphatic rings. The van der Waals surface area contributed by atoms with E-state index in [2.05, 4.69) is 5.32 Å². The number of carbonyl (C=O) groups excluding carboxylic acids is 1. The monoisotopic (exact) mass is 298 g/mol. The number of alkyl halides is 3. The van der Waals surface area contributed by atoms with Gasteiger partial charge in [0.1, 0.15) is 0 Å². The molecule has 1 N–H and O–H groups in total. The maximum absolute atomic E-state index is 13.2. The Morgan fingerprint density at radius 3 is 2.52 bits per heavy atom. The number of fused-ring (bicyclic) bond motifs is 1. The number of hydrogen-bond acceptors (Lipinski definition) is 2. The van der Waals surface area contributed by atoms with Gasteiger partial charge in [-0.2, -0.15) is 13.2 Å². The molecule has 0 saturated heterocycles. The van der Waals surface area contributed by atoms with Crippen molar-refractivity contribution in [3.8, 4) is 0 Å². The Balaban J connectivity index is 2.10. The normalized spacial score (nSPS) is 21.1. The van der Waals surface area contributed by atoms with Crippen molar-refractivity contribution in [3.63, 3.8) is 0 Å². The first-order valence-electron chi connectivity index (χ1n) is 7.06. The number of para-hydroxylation sites is 1. The molecule has 1 aliphatic carbocycles. The van der Waals surface area contributed by atoms with Crippen molar-refractivity contribution < 1.29 is 18.0 Å². The summed E-state index contributed by atoms with van der Waals surface area (Å²) in [5.74, 6) is -0.148. The predicted molar refractivity (Wildman–Crippen MR) is 74.2 cm³/mol. The van der Waals surface area contributed by atoms with Crippen molar-refractivity contribution in [3.05, 3.63) is 23.8 Å². The molecule has 0 radical (unpaired) electrons.